The molecule has 1 saturated carbocycles. The van der Waals surface area contributed by atoms with Crippen LogP contribution in [0.15, 0.2) is 24.3 Å². The van der Waals surface area contributed by atoms with Gasteiger partial charge in [0.15, 0.2) is 8.32 Å². The molecule has 7 heteroatoms. The summed E-state index contributed by atoms with van der Waals surface area (Å²) in [4.78, 5) is 23.6. The molecule has 0 unspecified atom stereocenters. The smallest absolute Gasteiger partial charge is 0.269 e. The number of Topliss-reactive ketones (excluding diaryl/α,β-unsaturated/α-hetero) is 1. The van der Waals surface area contributed by atoms with Gasteiger partial charge in [-0.3, -0.25) is 14.9 Å². The Hall–Kier alpha value is -1.57. The summed E-state index contributed by atoms with van der Waals surface area (Å²) in [5.41, 5.74) is -0.787. The van der Waals surface area contributed by atoms with E-state index in [0.29, 0.717) is 19.4 Å². The number of ketones is 1. The molecule has 0 heterocycles. The molecule has 0 aliphatic heterocycles. The van der Waals surface area contributed by atoms with Crippen molar-refractivity contribution < 1.29 is 18.9 Å². The van der Waals surface area contributed by atoms with Crippen molar-refractivity contribution in [2.24, 2.45) is 5.41 Å². The Morgan fingerprint density at radius 2 is 1.81 bits per heavy atom. The Morgan fingerprint density at radius 3 is 2.27 bits per heavy atom. The summed E-state index contributed by atoms with van der Waals surface area (Å²) < 4.78 is 12.5. The lowest BCUT2D eigenvalue weighted by molar-refractivity contribution is -0.384. The van der Waals surface area contributed by atoms with Gasteiger partial charge in [-0.2, -0.15) is 0 Å². The van der Waals surface area contributed by atoms with Gasteiger partial charge in [-0.25, -0.2) is 0 Å². The van der Waals surface area contributed by atoms with E-state index in [1.807, 2.05) is 20.8 Å². The zero-order valence-corrected chi connectivity index (χ0v) is 17.5. The van der Waals surface area contributed by atoms with Crippen molar-refractivity contribution in [3.63, 3.8) is 0 Å². The highest BCUT2D eigenvalue weighted by Gasteiger charge is 2.57. The van der Waals surface area contributed by atoms with Crippen LogP contribution in [0.25, 0.3) is 0 Å². The molecule has 1 aliphatic carbocycles. The van der Waals surface area contributed by atoms with Crippen LogP contribution in [0, 0.1) is 15.5 Å². The van der Waals surface area contributed by atoms with E-state index in [4.69, 9.17) is 9.16 Å². The molecular weight excluding hydrogens is 350 g/mol. The van der Waals surface area contributed by atoms with Crippen LogP contribution in [0.4, 0.5) is 5.69 Å². The van der Waals surface area contributed by atoms with Gasteiger partial charge < -0.3 is 9.16 Å². The second kappa shape index (κ2) is 7.21. The molecule has 0 N–H and O–H groups in total. The number of carbonyl (C=O) groups is 1. The first-order chi connectivity index (χ1) is 11.9. The summed E-state index contributed by atoms with van der Waals surface area (Å²) >= 11 is 0. The normalized spacial score (nSPS) is 25.9. The summed E-state index contributed by atoms with van der Waals surface area (Å²) in [5, 5.41) is 11.0. The molecule has 1 aromatic carbocycles. The van der Waals surface area contributed by atoms with Crippen molar-refractivity contribution in [1.29, 1.82) is 0 Å². The van der Waals surface area contributed by atoms with Crippen LogP contribution in [0.1, 0.15) is 39.2 Å². The van der Waals surface area contributed by atoms with E-state index in [2.05, 4.69) is 19.6 Å². The Labute approximate surface area is 156 Å². The van der Waals surface area contributed by atoms with Crippen molar-refractivity contribution in [3.8, 4) is 0 Å². The van der Waals surface area contributed by atoms with Crippen LogP contribution in [0.3, 0.4) is 0 Å². The average Bonchev–Trinajstić information content (AvgIpc) is 2.51. The molecule has 2 atom stereocenters. The molecular formula is C19H29NO5Si. The zero-order valence-electron chi connectivity index (χ0n) is 16.5. The minimum atomic E-state index is -2.05. The maximum Gasteiger partial charge on any atom is 0.269 e. The fraction of sp³-hybridized carbons (Fsp3) is 0.632. The summed E-state index contributed by atoms with van der Waals surface area (Å²) in [5.74, 6) is 0.0961. The van der Waals surface area contributed by atoms with Crippen LogP contribution in [-0.2, 0) is 19.6 Å². The van der Waals surface area contributed by atoms with Gasteiger partial charge in [0.05, 0.1) is 22.0 Å². The summed E-state index contributed by atoms with van der Waals surface area (Å²) in [6.07, 6.45) is 0.707. The number of nitrogens with zero attached hydrogens (tertiary/aromatic N) is 1. The van der Waals surface area contributed by atoms with E-state index >= 15 is 0 Å². The number of benzene rings is 1. The fourth-order valence-electron chi connectivity index (χ4n) is 3.77. The summed E-state index contributed by atoms with van der Waals surface area (Å²) in [6.45, 7) is 12.5. The van der Waals surface area contributed by atoms with Crippen LogP contribution < -0.4 is 0 Å². The van der Waals surface area contributed by atoms with Crippen LogP contribution in [-0.4, -0.2) is 31.7 Å². The van der Waals surface area contributed by atoms with Crippen LogP contribution >= 0.6 is 0 Å². The fourth-order valence-corrected chi connectivity index (χ4v) is 5.27. The van der Waals surface area contributed by atoms with Gasteiger partial charge in [-0.1, -0.05) is 0 Å². The predicted octanol–water partition coefficient (Wildman–Crippen LogP) is 4.44. The minimum Gasteiger partial charge on any atom is -0.407 e. The maximum absolute atomic E-state index is 13.0. The van der Waals surface area contributed by atoms with Crippen molar-refractivity contribution >= 4 is 19.8 Å². The van der Waals surface area contributed by atoms with Gasteiger partial charge in [0.1, 0.15) is 5.78 Å². The highest BCUT2D eigenvalue weighted by Crippen LogP contribution is 2.53. The molecule has 1 aliphatic rings. The van der Waals surface area contributed by atoms with Gasteiger partial charge in [0.2, 0.25) is 0 Å². The Bertz CT molecular complexity index is 680. The second-order valence-corrected chi connectivity index (χ2v) is 12.8. The summed E-state index contributed by atoms with van der Waals surface area (Å²) in [6, 6.07) is 6.41. The molecule has 2 rings (SSSR count). The standard InChI is InChI=1S/C19H29NO5Si/c1-7-24-16-12-17(21)18(2,3)19(13-16,25-26(4,5)6)14-8-10-15(11-9-14)20(22)23/h8-11,16H,7,12-13H2,1-6H3/t16-,19-/m1/s1. The molecule has 26 heavy (non-hydrogen) atoms. The third kappa shape index (κ3) is 3.89. The zero-order chi connectivity index (χ0) is 19.8. The van der Waals surface area contributed by atoms with E-state index in [1.165, 1.54) is 12.1 Å². The second-order valence-electron chi connectivity index (χ2n) is 8.38. The lowest BCUT2D eigenvalue weighted by atomic mass is 9.61. The molecule has 0 amide bonds. The summed E-state index contributed by atoms with van der Waals surface area (Å²) in [7, 11) is -2.05. The van der Waals surface area contributed by atoms with E-state index < -0.39 is 24.3 Å². The predicted molar refractivity (Wildman–Crippen MR) is 103 cm³/mol. The third-order valence-corrected chi connectivity index (χ3v) is 6.02. The van der Waals surface area contributed by atoms with Crippen LogP contribution in [0.2, 0.25) is 19.6 Å². The topological polar surface area (TPSA) is 78.7 Å². The molecule has 0 radical (unpaired) electrons. The molecule has 0 aromatic heterocycles. The first kappa shape index (κ1) is 20.7. The monoisotopic (exact) mass is 379 g/mol. The number of nitro groups is 1. The van der Waals surface area contributed by atoms with E-state index in [9.17, 15) is 14.9 Å². The van der Waals surface area contributed by atoms with Crippen molar-refractivity contribution in [1.82, 2.24) is 0 Å². The van der Waals surface area contributed by atoms with E-state index in [1.54, 1.807) is 12.1 Å². The molecule has 0 bridgehead atoms. The van der Waals surface area contributed by atoms with Gasteiger partial charge in [0.25, 0.3) is 5.69 Å². The minimum absolute atomic E-state index is 0.0261. The Morgan fingerprint density at radius 1 is 1.23 bits per heavy atom. The number of ether oxygens (including phenoxy) is 1. The van der Waals surface area contributed by atoms with E-state index in [-0.39, 0.29) is 17.6 Å². The van der Waals surface area contributed by atoms with Gasteiger partial charge >= 0.3 is 0 Å². The lowest BCUT2D eigenvalue weighted by Crippen LogP contribution is -2.58. The number of carbonyl (C=O) groups excluding carboxylic acids is 1. The lowest BCUT2D eigenvalue weighted by Gasteiger charge is -2.53. The van der Waals surface area contributed by atoms with Gasteiger partial charge in [-0.05, 0) is 58.1 Å². The largest absolute Gasteiger partial charge is 0.407 e. The number of nitro benzene ring substituents is 1. The number of non-ortho nitro benzene ring substituents is 1. The number of hydrogen-bond donors (Lipinski definition) is 0. The van der Waals surface area contributed by atoms with Crippen molar-refractivity contribution in [3.05, 3.63) is 39.9 Å². The quantitative estimate of drug-likeness (QED) is 0.415. The molecule has 0 saturated heterocycles. The molecule has 6 nitrogen and oxygen atoms in total. The Balaban J connectivity index is 2.61. The first-order valence-electron chi connectivity index (χ1n) is 9.03. The van der Waals surface area contributed by atoms with Crippen molar-refractivity contribution in [2.45, 2.75) is 65.0 Å². The third-order valence-electron chi connectivity index (χ3n) is 5.06. The SMILES string of the molecule is CCO[C@@H]1CC(=O)C(C)(C)[C@](O[Si](C)(C)C)(c2ccc([N+](=O)[O-])cc2)C1. The van der Waals surface area contributed by atoms with E-state index in [0.717, 1.165) is 5.56 Å². The average molecular weight is 380 g/mol. The van der Waals surface area contributed by atoms with Gasteiger partial charge in [0, 0.05) is 31.6 Å². The maximum atomic E-state index is 13.0. The number of rotatable bonds is 6. The highest BCUT2D eigenvalue weighted by atomic mass is 28.4. The van der Waals surface area contributed by atoms with Crippen LogP contribution in [0.5, 0.6) is 0 Å². The molecule has 1 aromatic rings. The Kier molecular flexibility index (Phi) is 5.75. The highest BCUT2D eigenvalue weighted by molar-refractivity contribution is 6.69. The van der Waals surface area contributed by atoms with Gasteiger partial charge in [-0.15, -0.1) is 0 Å². The molecule has 0 spiro atoms. The molecule has 144 valence electrons. The van der Waals surface area contributed by atoms with Crippen molar-refractivity contribution in [2.75, 3.05) is 6.61 Å². The number of hydrogen-bond acceptors (Lipinski definition) is 5. The molecule has 1 fully saturated rings. The first-order valence-corrected chi connectivity index (χ1v) is 12.4.